The van der Waals surface area contributed by atoms with Gasteiger partial charge in [-0.3, -0.25) is 4.57 Å². The molecule has 0 bridgehead atoms. The summed E-state index contributed by atoms with van der Waals surface area (Å²) < 4.78 is 59.9. The summed E-state index contributed by atoms with van der Waals surface area (Å²) in [6.45, 7) is 13.1. The predicted molar refractivity (Wildman–Crippen MR) is 356 cm³/mol. The molecule has 3 aromatic heterocycles. The maximum atomic E-state index is 9.80. The number of nitrogens with zero attached hydrogens (tertiary/aromatic N) is 4. The van der Waals surface area contributed by atoms with Crippen molar-refractivity contribution < 1.29 is 37.2 Å². The molecule has 424 valence electrons. The van der Waals surface area contributed by atoms with Crippen molar-refractivity contribution in [1.82, 2.24) is 14.1 Å². The van der Waals surface area contributed by atoms with Crippen LogP contribution in [0.3, 0.4) is 0 Å². The van der Waals surface area contributed by atoms with Crippen molar-refractivity contribution in [2.75, 3.05) is 0 Å². The van der Waals surface area contributed by atoms with Crippen molar-refractivity contribution in [2.24, 2.45) is 0 Å². The SMILES string of the molecule is [2H]c1c([2H])c([2H])c(-c2cc(C(C)(C)C)cc3c2-[n+]2[c-]n(-c4[c-]c(Oc5[c-]c6c(cc5)c5ccccc5n6-c5cc(C(C)(C)C)ccn5)ccc4)c4cccc(c42)-c2ccccc2-c2ccc([Si](c4ccccc4)(c4ccccc4)c4ccccc4)cc2-3)c([2H])c1[2H].[Pt]. The largest absolute Gasteiger partial charge is 0.510 e. The number of benzene rings is 11. The molecule has 1 aliphatic rings. The Labute approximate surface area is 531 Å². The molecule has 0 aliphatic carbocycles. The molecule has 1 aliphatic heterocycles. The topological polar surface area (TPSA) is 35.9 Å². The molecule has 14 aromatic rings. The summed E-state index contributed by atoms with van der Waals surface area (Å²) in [5.41, 5.74) is 12.3. The molecule has 0 fully saturated rings. The van der Waals surface area contributed by atoms with Gasteiger partial charge in [-0.15, -0.1) is 29.7 Å². The molecule has 0 spiro atoms. The Bertz CT molecular complexity index is 5120. The number of hydrogen-bond acceptors (Lipinski definition) is 2. The van der Waals surface area contributed by atoms with E-state index in [9.17, 15) is 5.48 Å². The first-order valence-electron chi connectivity index (χ1n) is 31.8. The first kappa shape index (κ1) is 49.8. The maximum absolute atomic E-state index is 9.80. The van der Waals surface area contributed by atoms with Crippen LogP contribution in [-0.4, -0.2) is 22.2 Å². The van der Waals surface area contributed by atoms with E-state index in [0.29, 0.717) is 28.4 Å². The molecule has 0 saturated heterocycles. The number of pyridine rings is 1. The van der Waals surface area contributed by atoms with Crippen LogP contribution in [0.5, 0.6) is 11.5 Å². The van der Waals surface area contributed by atoms with Crippen LogP contribution in [0.25, 0.3) is 94.5 Å². The molecule has 0 saturated carbocycles. The first-order valence-corrected chi connectivity index (χ1v) is 31.3. The number of hydrogen-bond donors (Lipinski definition) is 0. The summed E-state index contributed by atoms with van der Waals surface area (Å²) >= 11 is 0. The maximum Gasteiger partial charge on any atom is 0.268 e. The van der Waals surface area contributed by atoms with Crippen LogP contribution in [0.2, 0.25) is 0 Å². The van der Waals surface area contributed by atoms with Crippen LogP contribution >= 0.6 is 0 Å². The molecule has 15 rings (SSSR count). The zero-order chi connectivity index (χ0) is 62.7. The number of fused-ring (bicyclic) bond motifs is 10. The summed E-state index contributed by atoms with van der Waals surface area (Å²) in [5, 5.41) is 6.91. The minimum atomic E-state index is -3.19. The smallest absolute Gasteiger partial charge is 0.268 e. The zero-order valence-corrected chi connectivity index (χ0v) is 52.3. The molecular formula is C80H62N4OPtSi-2. The van der Waals surface area contributed by atoms with Crippen LogP contribution < -0.4 is 30.1 Å². The number of aromatic nitrogens is 4. The fraction of sp³-hybridized carbons (Fsp3) is 0.100. The van der Waals surface area contributed by atoms with Crippen molar-refractivity contribution >= 4 is 61.7 Å². The number of rotatable bonds is 9. The van der Waals surface area contributed by atoms with Gasteiger partial charge in [0.1, 0.15) is 5.82 Å². The van der Waals surface area contributed by atoms with Gasteiger partial charge in [-0.05, 0) is 116 Å². The second-order valence-electron chi connectivity index (χ2n) is 24.4. The third-order valence-corrected chi connectivity index (χ3v) is 21.9. The third kappa shape index (κ3) is 9.42. The van der Waals surface area contributed by atoms with E-state index in [4.69, 9.17) is 11.1 Å². The van der Waals surface area contributed by atoms with E-state index in [1.165, 1.54) is 21.1 Å². The average Bonchev–Trinajstić information content (AvgIpc) is 1.49. The van der Waals surface area contributed by atoms with Crippen molar-refractivity contribution in [1.29, 1.82) is 0 Å². The molecule has 5 nitrogen and oxygen atoms in total. The van der Waals surface area contributed by atoms with Crippen LogP contribution in [0.15, 0.2) is 267 Å². The van der Waals surface area contributed by atoms with Gasteiger partial charge in [0.25, 0.3) is 6.33 Å². The number of ether oxygens (including phenoxy) is 1. The normalized spacial score (nSPS) is 13.0. The Morgan fingerprint density at radius 1 is 0.471 bits per heavy atom. The Hall–Kier alpha value is -9.45. The fourth-order valence-corrected chi connectivity index (χ4v) is 17.7. The van der Waals surface area contributed by atoms with Crippen molar-refractivity contribution in [3.63, 3.8) is 0 Å². The van der Waals surface area contributed by atoms with Gasteiger partial charge in [-0.1, -0.05) is 259 Å². The number of para-hydroxylation sites is 2. The van der Waals surface area contributed by atoms with Crippen molar-refractivity contribution in [2.45, 2.75) is 52.4 Å². The van der Waals surface area contributed by atoms with E-state index < -0.39 is 31.6 Å². The van der Waals surface area contributed by atoms with Gasteiger partial charge in [0.15, 0.2) is 8.07 Å². The molecule has 7 heteroatoms. The molecule has 0 N–H and O–H groups in total. The second-order valence-corrected chi connectivity index (χ2v) is 28.2. The summed E-state index contributed by atoms with van der Waals surface area (Å²) in [6, 6.07) is 86.7. The molecule has 87 heavy (non-hydrogen) atoms. The standard InChI is InChI=1S/C80H62N4OSi.Pt/c1-79(2,3)55-45-46-81-76(49-55)84-73-39-22-21-37-67(73)68-43-41-59(51-75(68)84)85-58-28-23-27-57(50-58)82-53-83-77-70(54-25-11-7-12-26-54)47-56(80(4,5)6)48-72(77)71-52-63(42-44-66(71)64-35-19-20-36-65(64)69-38-24-40-74(82)78(69)83)86(60-29-13-8-14-30-60,61-31-15-9-16-32-61)62-33-17-10-18-34-62;/h7-49,52H,1-6H3;/q-2;/i7D,11D,12D,25D,26D;. The molecule has 0 amide bonds. The Morgan fingerprint density at radius 3 is 1.75 bits per heavy atom. The van der Waals surface area contributed by atoms with E-state index in [1.54, 1.807) is 0 Å². The fourth-order valence-electron chi connectivity index (χ4n) is 13.0. The second kappa shape index (κ2) is 21.8. The molecule has 0 radical (unpaired) electrons. The zero-order valence-electron chi connectivity index (χ0n) is 54.0. The van der Waals surface area contributed by atoms with Crippen molar-refractivity contribution in [3.8, 4) is 73.2 Å². The predicted octanol–water partition coefficient (Wildman–Crippen LogP) is 16.5. The van der Waals surface area contributed by atoms with Gasteiger partial charge in [0.2, 0.25) is 0 Å². The molecule has 0 atom stereocenters. The van der Waals surface area contributed by atoms with Gasteiger partial charge in [-0.2, -0.15) is 18.2 Å². The van der Waals surface area contributed by atoms with Crippen LogP contribution in [0.4, 0.5) is 0 Å². The Kier molecular flexibility index (Phi) is 12.5. The van der Waals surface area contributed by atoms with Gasteiger partial charge >= 0.3 is 0 Å². The quantitative estimate of drug-likeness (QED) is 0.0625. The van der Waals surface area contributed by atoms with Gasteiger partial charge in [0, 0.05) is 44.3 Å². The summed E-state index contributed by atoms with van der Waals surface area (Å²) in [6.07, 6.45) is 5.76. The first-order chi connectivity index (χ1) is 44.0. The number of imidazole rings is 1. The summed E-state index contributed by atoms with van der Waals surface area (Å²) in [7, 11) is -3.19. The minimum absolute atomic E-state index is 0. The Morgan fingerprint density at radius 2 is 1.06 bits per heavy atom. The monoisotopic (exact) mass is 1320 g/mol. The summed E-state index contributed by atoms with van der Waals surface area (Å²) in [4.78, 5) is 4.90. The van der Waals surface area contributed by atoms with Crippen molar-refractivity contribution in [3.05, 3.63) is 297 Å². The van der Waals surface area contributed by atoms with Crippen LogP contribution in [-0.2, 0) is 31.9 Å². The Balaban J connectivity index is 0.00000735. The minimum Gasteiger partial charge on any atom is -0.510 e. The van der Waals surface area contributed by atoms with E-state index in [2.05, 4.69) is 263 Å². The third-order valence-electron chi connectivity index (χ3n) is 17.1. The molecule has 11 aromatic carbocycles. The average molecular weight is 1320 g/mol. The van der Waals surface area contributed by atoms with Gasteiger partial charge < -0.3 is 13.9 Å². The summed E-state index contributed by atoms with van der Waals surface area (Å²) in [5.74, 6) is 1.74. The van der Waals surface area contributed by atoms with Gasteiger partial charge in [-0.25, -0.2) is 4.98 Å². The van der Waals surface area contributed by atoms with Crippen LogP contribution in [0, 0.1) is 18.5 Å². The molecule has 0 unspecified atom stereocenters. The molecule has 4 heterocycles. The van der Waals surface area contributed by atoms with E-state index in [1.807, 2.05) is 47.2 Å². The van der Waals surface area contributed by atoms with Gasteiger partial charge in [0.05, 0.1) is 23.6 Å². The van der Waals surface area contributed by atoms with E-state index in [-0.39, 0.29) is 44.1 Å². The van der Waals surface area contributed by atoms with E-state index in [0.717, 1.165) is 82.8 Å². The molecular weight excluding hydrogens is 1260 g/mol. The van der Waals surface area contributed by atoms with E-state index >= 15 is 0 Å². The van der Waals surface area contributed by atoms with Crippen LogP contribution in [0.1, 0.15) is 59.5 Å².